The summed E-state index contributed by atoms with van der Waals surface area (Å²) in [6.45, 7) is 1.70. The predicted octanol–water partition coefficient (Wildman–Crippen LogP) is 4.37. The molecule has 34 heavy (non-hydrogen) atoms. The number of nitrogens with zero attached hydrogens (tertiary/aromatic N) is 1. The molecule has 1 fully saturated rings. The van der Waals surface area contributed by atoms with Crippen LogP contribution in [-0.4, -0.2) is 44.2 Å². The first-order chi connectivity index (χ1) is 15.5. The number of rotatable bonds is 7. The lowest BCUT2D eigenvalue weighted by Gasteiger charge is -2.32. The average Bonchev–Trinajstić information content (AvgIpc) is 3.49. The number of benzene rings is 1. The molecule has 12 heteroatoms. The highest BCUT2D eigenvalue weighted by atomic mass is 32.2. The van der Waals surface area contributed by atoms with Crippen molar-refractivity contribution in [2.24, 2.45) is 5.92 Å². The van der Waals surface area contributed by atoms with E-state index in [1.165, 1.54) is 6.20 Å². The van der Waals surface area contributed by atoms with E-state index in [4.69, 9.17) is 0 Å². The van der Waals surface area contributed by atoms with Crippen molar-refractivity contribution < 1.29 is 40.5 Å². The number of amides is 1. The number of aryl methyl sites for hydroxylation is 1. The summed E-state index contributed by atoms with van der Waals surface area (Å²) >= 11 is 0. The number of anilines is 1. The Labute approximate surface area is 192 Å². The number of alkyl halides is 6. The molecule has 1 aliphatic rings. The topological polar surface area (TPSA) is 79.3 Å². The van der Waals surface area contributed by atoms with Crippen molar-refractivity contribution in [3.05, 3.63) is 53.2 Å². The van der Waals surface area contributed by atoms with Crippen LogP contribution in [-0.2, 0) is 26.3 Å². The number of hydrogen-bond donors (Lipinski definition) is 2. The largest absolute Gasteiger partial charge is 0.430 e. The highest BCUT2D eigenvalue weighted by Crippen LogP contribution is 2.50. The van der Waals surface area contributed by atoms with Crippen LogP contribution in [0.25, 0.3) is 0 Å². The third-order valence-electron chi connectivity index (χ3n) is 5.41. The second-order valence-electron chi connectivity index (χ2n) is 8.40. The zero-order chi connectivity index (χ0) is 25.5. The Morgan fingerprint density at radius 3 is 2.18 bits per heavy atom. The van der Waals surface area contributed by atoms with Crippen molar-refractivity contribution in [3.63, 3.8) is 0 Å². The Morgan fingerprint density at radius 1 is 1.15 bits per heavy atom. The first-order valence-corrected chi connectivity index (χ1v) is 12.0. The van der Waals surface area contributed by atoms with Gasteiger partial charge in [0, 0.05) is 32.7 Å². The van der Waals surface area contributed by atoms with Crippen molar-refractivity contribution in [2.45, 2.75) is 49.2 Å². The van der Waals surface area contributed by atoms with Crippen molar-refractivity contribution in [3.8, 4) is 0 Å². The predicted molar refractivity (Wildman–Crippen MR) is 115 cm³/mol. The second kappa shape index (κ2) is 8.88. The van der Waals surface area contributed by atoms with E-state index in [0.717, 1.165) is 25.0 Å². The van der Waals surface area contributed by atoms with Gasteiger partial charge in [0.2, 0.25) is 5.91 Å². The van der Waals surface area contributed by atoms with E-state index in [0.29, 0.717) is 40.0 Å². The summed E-state index contributed by atoms with van der Waals surface area (Å²) in [4.78, 5) is 16.5. The second-order valence-corrected chi connectivity index (χ2v) is 10.7. The Bertz CT molecular complexity index is 1160. The van der Waals surface area contributed by atoms with Crippen LogP contribution in [0.4, 0.5) is 32.0 Å². The van der Waals surface area contributed by atoms with E-state index >= 15 is 0 Å². The van der Waals surface area contributed by atoms with Gasteiger partial charge in [0.25, 0.3) is 5.60 Å². The van der Waals surface area contributed by atoms with Gasteiger partial charge in [-0.25, -0.2) is 4.98 Å². The van der Waals surface area contributed by atoms with Crippen molar-refractivity contribution in [2.75, 3.05) is 11.1 Å². The number of nitrogens with one attached hydrogen (secondary N) is 1. The highest BCUT2D eigenvalue weighted by molar-refractivity contribution is 8.00. The van der Waals surface area contributed by atoms with Gasteiger partial charge in [0.05, 0.1) is 6.42 Å². The number of halogens is 6. The van der Waals surface area contributed by atoms with Crippen LogP contribution in [0.2, 0.25) is 0 Å². The van der Waals surface area contributed by atoms with Crippen LogP contribution in [0.5, 0.6) is 0 Å². The number of carbonyl (C=O) groups is 1. The maximum atomic E-state index is 13.0. The van der Waals surface area contributed by atoms with E-state index in [1.54, 1.807) is 13.0 Å². The van der Waals surface area contributed by atoms with Crippen LogP contribution >= 0.6 is 0 Å². The molecule has 1 aliphatic carbocycles. The molecular weight excluding hydrogens is 486 g/mol. The molecule has 0 bridgehead atoms. The van der Waals surface area contributed by atoms with E-state index in [2.05, 4.69) is 16.2 Å². The first-order valence-electron chi connectivity index (χ1n) is 10.1. The smallest absolute Gasteiger partial charge is 0.369 e. The zero-order valence-electron chi connectivity index (χ0n) is 18.0. The number of carbonyl (C=O) groups excluding carboxylic acids is 1. The standard InChI is InChI=1S/C22H22F6N2O3S/c1-13-9-15(11-29-19(13)34(2,33)12-14-3-4-14)10-18(31)30-17-7-5-16(6-8-17)20(32,21(23,24)25)22(26,27)28/h5-9,11,14,32H,2-4,10,12H2,1H3,(H,30,31). The number of aliphatic hydroxyl groups is 1. The molecule has 3 rings (SSSR count). The summed E-state index contributed by atoms with van der Waals surface area (Å²) in [6, 6.07) is 4.19. The average molecular weight is 508 g/mol. The quantitative estimate of drug-likeness (QED) is 0.430. The molecular formula is C22H22F6N2O3S. The maximum absolute atomic E-state index is 13.0. The molecule has 1 amide bonds. The molecule has 2 aromatic rings. The lowest BCUT2D eigenvalue weighted by molar-refractivity contribution is -0.376. The molecule has 1 aromatic carbocycles. The van der Waals surface area contributed by atoms with Crippen molar-refractivity contribution >= 4 is 27.0 Å². The highest BCUT2D eigenvalue weighted by Gasteiger charge is 2.71. The van der Waals surface area contributed by atoms with Crippen LogP contribution in [0.15, 0.2) is 41.6 Å². The fourth-order valence-corrected chi connectivity index (χ4v) is 5.67. The van der Waals surface area contributed by atoms with E-state index in [9.17, 15) is 40.5 Å². The number of pyridine rings is 1. The molecule has 0 aliphatic heterocycles. The van der Waals surface area contributed by atoms with Crippen LogP contribution in [0.3, 0.4) is 0 Å². The monoisotopic (exact) mass is 508 g/mol. The van der Waals surface area contributed by atoms with Crippen molar-refractivity contribution in [1.82, 2.24) is 4.98 Å². The van der Waals surface area contributed by atoms with Gasteiger partial charge < -0.3 is 10.4 Å². The normalized spacial score (nSPS) is 16.7. The third-order valence-corrected chi connectivity index (χ3v) is 7.55. The number of aromatic nitrogens is 1. The molecule has 1 heterocycles. The Balaban J connectivity index is 1.70. The molecule has 2 N–H and O–H groups in total. The maximum Gasteiger partial charge on any atom is 0.430 e. The van der Waals surface area contributed by atoms with Gasteiger partial charge in [-0.1, -0.05) is 18.2 Å². The Kier molecular flexibility index (Phi) is 6.79. The van der Waals surface area contributed by atoms with Gasteiger partial charge in [-0.05, 0) is 54.8 Å². The van der Waals surface area contributed by atoms with E-state index in [1.807, 2.05) is 0 Å². The molecule has 1 aromatic heterocycles. The lowest BCUT2D eigenvalue weighted by atomic mass is 9.92. The SMILES string of the molecule is C=S(=O)(CC1CC1)c1ncc(CC(=O)Nc2ccc(C(O)(C(F)(F)F)C(F)(F)F)cc2)cc1C. The van der Waals surface area contributed by atoms with Gasteiger partial charge in [-0.15, -0.1) is 0 Å². The molecule has 0 saturated heterocycles. The summed E-state index contributed by atoms with van der Waals surface area (Å²) in [5.41, 5.74) is -5.45. The van der Waals surface area contributed by atoms with Gasteiger partial charge >= 0.3 is 12.4 Å². The van der Waals surface area contributed by atoms with Crippen LogP contribution in [0.1, 0.15) is 29.5 Å². The van der Waals surface area contributed by atoms with E-state index < -0.39 is 38.9 Å². The number of hydrogen-bond acceptors (Lipinski definition) is 4. The van der Waals surface area contributed by atoms with Gasteiger partial charge in [-0.2, -0.15) is 26.3 Å². The van der Waals surface area contributed by atoms with Crippen LogP contribution < -0.4 is 5.32 Å². The summed E-state index contributed by atoms with van der Waals surface area (Å²) in [6.07, 6.45) is -8.78. The molecule has 186 valence electrons. The molecule has 0 spiro atoms. The summed E-state index contributed by atoms with van der Waals surface area (Å²) in [5.74, 6) is 4.04. The minimum atomic E-state index is -6.00. The lowest BCUT2D eigenvalue weighted by Crippen LogP contribution is -2.53. The Hall–Kier alpha value is -2.60. The zero-order valence-corrected chi connectivity index (χ0v) is 18.8. The Morgan fingerprint density at radius 2 is 1.71 bits per heavy atom. The van der Waals surface area contributed by atoms with Gasteiger partial charge in [0.1, 0.15) is 5.03 Å². The minimum Gasteiger partial charge on any atom is -0.369 e. The van der Waals surface area contributed by atoms with Gasteiger partial charge in [-0.3, -0.25) is 9.00 Å². The van der Waals surface area contributed by atoms with Crippen LogP contribution in [0, 0.1) is 12.8 Å². The summed E-state index contributed by atoms with van der Waals surface area (Å²) in [7, 11) is -2.55. The molecule has 0 radical (unpaired) electrons. The van der Waals surface area contributed by atoms with E-state index in [-0.39, 0.29) is 12.1 Å². The summed E-state index contributed by atoms with van der Waals surface area (Å²) < 4.78 is 90.7. The van der Waals surface area contributed by atoms with Gasteiger partial charge in [0.15, 0.2) is 0 Å². The minimum absolute atomic E-state index is 0.0630. The molecule has 5 nitrogen and oxygen atoms in total. The fourth-order valence-electron chi connectivity index (χ4n) is 3.52. The van der Waals surface area contributed by atoms with Crippen molar-refractivity contribution in [1.29, 1.82) is 0 Å². The summed E-state index contributed by atoms with van der Waals surface area (Å²) in [5, 5.41) is 12.2. The molecule has 1 atom stereocenters. The third kappa shape index (κ3) is 5.38. The fraction of sp³-hybridized carbons (Fsp3) is 0.409. The molecule has 1 saturated carbocycles. The first kappa shape index (κ1) is 26.0. The molecule has 1 unspecified atom stereocenters.